The molecule has 0 amide bonds. The normalized spacial score (nSPS) is 26.3. The van der Waals surface area contributed by atoms with Crippen LogP contribution in [0.2, 0.25) is 0 Å². The Morgan fingerprint density at radius 2 is 2.50 bits per heavy atom. The predicted molar refractivity (Wildman–Crippen MR) is 54.0 cm³/mol. The fourth-order valence-corrected chi connectivity index (χ4v) is 2.51. The van der Waals surface area contributed by atoms with Crippen molar-refractivity contribution in [1.82, 2.24) is 10.3 Å². The number of hydrogen-bond donors (Lipinski definition) is 2. The molecule has 0 spiro atoms. The van der Waals surface area contributed by atoms with Crippen LogP contribution in [0.15, 0.2) is 24.4 Å². The maximum absolute atomic E-state index is 10.7. The third-order valence-electron chi connectivity index (χ3n) is 2.04. The van der Waals surface area contributed by atoms with Gasteiger partial charge in [-0.15, -0.1) is 11.8 Å². The van der Waals surface area contributed by atoms with Gasteiger partial charge in [0.2, 0.25) is 0 Å². The molecule has 0 saturated carbocycles. The van der Waals surface area contributed by atoms with Crippen LogP contribution in [-0.2, 0) is 4.79 Å². The lowest BCUT2D eigenvalue weighted by molar-refractivity contribution is -0.138. The van der Waals surface area contributed by atoms with Gasteiger partial charge in [0.1, 0.15) is 6.04 Å². The van der Waals surface area contributed by atoms with E-state index in [2.05, 4.69) is 10.3 Å². The van der Waals surface area contributed by atoms with Crippen molar-refractivity contribution in [1.29, 1.82) is 0 Å². The van der Waals surface area contributed by atoms with Gasteiger partial charge in [-0.2, -0.15) is 0 Å². The van der Waals surface area contributed by atoms with Crippen LogP contribution in [0.3, 0.4) is 0 Å². The lowest BCUT2D eigenvalue weighted by atomic mass is 10.3. The Kier molecular flexibility index (Phi) is 2.69. The minimum absolute atomic E-state index is 0.0114. The quantitative estimate of drug-likeness (QED) is 0.758. The number of thioether (sulfide) groups is 1. The van der Waals surface area contributed by atoms with Gasteiger partial charge in [0, 0.05) is 11.9 Å². The Labute approximate surface area is 85.7 Å². The summed E-state index contributed by atoms with van der Waals surface area (Å²) in [6.45, 7) is 0. The van der Waals surface area contributed by atoms with Gasteiger partial charge in [-0.1, -0.05) is 6.07 Å². The summed E-state index contributed by atoms with van der Waals surface area (Å²) in [5.41, 5.74) is 0.890. The highest BCUT2D eigenvalue weighted by atomic mass is 32.2. The number of aromatic nitrogens is 1. The molecule has 1 aromatic rings. The van der Waals surface area contributed by atoms with Crippen molar-refractivity contribution in [2.75, 3.05) is 5.75 Å². The van der Waals surface area contributed by atoms with Crippen molar-refractivity contribution in [3.05, 3.63) is 30.1 Å². The molecule has 1 aliphatic rings. The molecule has 1 aliphatic heterocycles. The van der Waals surface area contributed by atoms with Crippen molar-refractivity contribution in [2.24, 2.45) is 0 Å². The first-order valence-electron chi connectivity index (χ1n) is 4.29. The van der Waals surface area contributed by atoms with Gasteiger partial charge in [-0.25, -0.2) is 0 Å². The molecule has 2 heterocycles. The van der Waals surface area contributed by atoms with E-state index >= 15 is 0 Å². The molecule has 0 unspecified atom stereocenters. The molecule has 5 heteroatoms. The molecule has 1 aromatic heterocycles. The number of nitrogens with one attached hydrogen (secondary N) is 1. The van der Waals surface area contributed by atoms with E-state index in [-0.39, 0.29) is 5.37 Å². The molecule has 0 aromatic carbocycles. The first-order valence-corrected chi connectivity index (χ1v) is 5.33. The molecule has 14 heavy (non-hydrogen) atoms. The van der Waals surface area contributed by atoms with Crippen LogP contribution in [0, 0.1) is 0 Å². The van der Waals surface area contributed by atoms with E-state index in [1.54, 1.807) is 18.0 Å². The lowest BCUT2D eigenvalue weighted by Crippen LogP contribution is -2.33. The summed E-state index contributed by atoms with van der Waals surface area (Å²) in [6.07, 6.45) is 1.71. The minimum atomic E-state index is -0.795. The highest BCUT2D eigenvalue weighted by Gasteiger charge is 2.30. The molecule has 2 rings (SSSR count). The molecule has 0 aliphatic carbocycles. The van der Waals surface area contributed by atoms with Crippen molar-refractivity contribution in [2.45, 2.75) is 11.4 Å². The highest BCUT2D eigenvalue weighted by molar-refractivity contribution is 7.99. The van der Waals surface area contributed by atoms with E-state index in [4.69, 9.17) is 5.11 Å². The molecule has 0 bridgehead atoms. The summed E-state index contributed by atoms with van der Waals surface area (Å²) in [5.74, 6) is -0.202. The van der Waals surface area contributed by atoms with Crippen molar-refractivity contribution in [3.63, 3.8) is 0 Å². The van der Waals surface area contributed by atoms with Crippen molar-refractivity contribution < 1.29 is 9.90 Å². The fraction of sp³-hybridized carbons (Fsp3) is 0.333. The van der Waals surface area contributed by atoms with E-state index in [0.29, 0.717) is 5.75 Å². The van der Waals surface area contributed by atoms with Crippen LogP contribution < -0.4 is 5.32 Å². The zero-order valence-corrected chi connectivity index (χ0v) is 8.20. The number of aliphatic carboxylic acids is 1. The van der Waals surface area contributed by atoms with E-state index < -0.39 is 12.0 Å². The zero-order valence-electron chi connectivity index (χ0n) is 7.38. The maximum atomic E-state index is 10.7. The van der Waals surface area contributed by atoms with Gasteiger partial charge < -0.3 is 5.11 Å². The molecular weight excluding hydrogens is 200 g/mol. The zero-order chi connectivity index (χ0) is 9.97. The van der Waals surface area contributed by atoms with Crippen molar-refractivity contribution >= 4 is 17.7 Å². The summed E-state index contributed by atoms with van der Waals surface area (Å²) in [7, 11) is 0. The smallest absolute Gasteiger partial charge is 0.321 e. The average molecular weight is 210 g/mol. The predicted octanol–water partition coefficient (Wildman–Crippen LogP) is 0.870. The average Bonchev–Trinajstić information content (AvgIpc) is 2.68. The van der Waals surface area contributed by atoms with Gasteiger partial charge in [-0.3, -0.25) is 15.1 Å². The molecule has 1 fully saturated rings. The minimum Gasteiger partial charge on any atom is -0.480 e. The molecule has 1 saturated heterocycles. The van der Waals surface area contributed by atoms with Crippen LogP contribution in [0.1, 0.15) is 11.1 Å². The Morgan fingerprint density at radius 1 is 1.64 bits per heavy atom. The van der Waals surface area contributed by atoms with E-state index in [9.17, 15) is 4.79 Å². The lowest BCUT2D eigenvalue weighted by Gasteiger charge is -2.09. The first kappa shape index (κ1) is 9.48. The Morgan fingerprint density at radius 3 is 3.07 bits per heavy atom. The monoisotopic (exact) mass is 210 g/mol. The highest BCUT2D eigenvalue weighted by Crippen LogP contribution is 2.31. The Bertz CT molecular complexity index is 331. The van der Waals surface area contributed by atoms with Crippen LogP contribution in [-0.4, -0.2) is 27.9 Å². The maximum Gasteiger partial charge on any atom is 0.321 e. The van der Waals surface area contributed by atoms with Crippen LogP contribution >= 0.6 is 11.8 Å². The van der Waals surface area contributed by atoms with E-state index in [1.807, 2.05) is 18.2 Å². The number of rotatable bonds is 2. The van der Waals surface area contributed by atoms with Gasteiger partial charge >= 0.3 is 5.97 Å². The molecular formula is C9H10N2O2S. The number of nitrogens with zero attached hydrogens (tertiary/aromatic N) is 1. The van der Waals surface area contributed by atoms with Crippen LogP contribution in [0.4, 0.5) is 0 Å². The molecule has 2 atom stereocenters. The van der Waals surface area contributed by atoms with E-state index in [1.165, 1.54) is 0 Å². The van der Waals surface area contributed by atoms with Crippen molar-refractivity contribution in [3.8, 4) is 0 Å². The molecule has 74 valence electrons. The summed E-state index contributed by atoms with van der Waals surface area (Å²) in [6, 6.07) is 5.19. The summed E-state index contributed by atoms with van der Waals surface area (Å²) >= 11 is 1.58. The summed E-state index contributed by atoms with van der Waals surface area (Å²) in [4.78, 5) is 14.9. The number of carboxylic acids is 1. The van der Waals surface area contributed by atoms with Crippen LogP contribution in [0.25, 0.3) is 0 Å². The van der Waals surface area contributed by atoms with Crippen LogP contribution in [0.5, 0.6) is 0 Å². The summed E-state index contributed by atoms with van der Waals surface area (Å²) < 4.78 is 0. The number of carbonyl (C=O) groups is 1. The largest absolute Gasteiger partial charge is 0.480 e. The number of carboxylic acid groups (broad SMARTS) is 1. The van der Waals surface area contributed by atoms with Gasteiger partial charge in [0.25, 0.3) is 0 Å². The van der Waals surface area contributed by atoms with Gasteiger partial charge in [0.05, 0.1) is 11.1 Å². The fourth-order valence-electron chi connectivity index (χ4n) is 1.32. The topological polar surface area (TPSA) is 62.2 Å². The SMILES string of the molecule is O=C(O)[C@H]1CS[C@@H](c2ccccn2)N1. The number of hydrogen-bond acceptors (Lipinski definition) is 4. The Balaban J connectivity index is 2.06. The standard InChI is InChI=1S/C9H10N2O2S/c12-9(13)7-5-14-8(11-7)6-3-1-2-4-10-6/h1-4,7-8,11H,5H2,(H,12,13)/t7-,8+/m1/s1. The second-order valence-electron chi connectivity index (χ2n) is 3.03. The summed E-state index contributed by atoms with van der Waals surface area (Å²) in [5, 5.41) is 11.8. The van der Waals surface area contributed by atoms with E-state index in [0.717, 1.165) is 5.69 Å². The molecule has 4 nitrogen and oxygen atoms in total. The third kappa shape index (κ3) is 1.88. The third-order valence-corrected chi connectivity index (χ3v) is 3.27. The van der Waals surface area contributed by atoms with Gasteiger partial charge in [0.15, 0.2) is 0 Å². The molecule has 0 radical (unpaired) electrons. The second kappa shape index (κ2) is 3.98. The first-order chi connectivity index (χ1) is 6.77. The molecule has 2 N–H and O–H groups in total. The van der Waals surface area contributed by atoms with Gasteiger partial charge in [-0.05, 0) is 12.1 Å². The Hall–Kier alpha value is -1.07. The second-order valence-corrected chi connectivity index (χ2v) is 4.16. The number of pyridine rings is 1.